The van der Waals surface area contributed by atoms with E-state index in [4.69, 9.17) is 0 Å². The topological polar surface area (TPSA) is 17.1 Å². The van der Waals surface area contributed by atoms with Crippen molar-refractivity contribution in [2.75, 3.05) is 5.33 Å². The Labute approximate surface area is 92.3 Å². The Hall–Kier alpha value is -0.890. The summed E-state index contributed by atoms with van der Waals surface area (Å²) in [5, 5.41) is 2.74. The van der Waals surface area contributed by atoms with Gasteiger partial charge in [-0.15, -0.1) is 0 Å². The summed E-state index contributed by atoms with van der Waals surface area (Å²) in [6, 6.07) is 8.05. The van der Waals surface area contributed by atoms with Crippen LogP contribution in [0.2, 0.25) is 0 Å². The second-order valence-electron chi connectivity index (χ2n) is 3.00. The second-order valence-corrected chi connectivity index (χ2v) is 3.56. The number of ketones is 1. The van der Waals surface area contributed by atoms with Gasteiger partial charge in [-0.05, 0) is 17.4 Å². The number of alkyl halides is 1. The molecule has 0 heterocycles. The lowest BCUT2D eigenvalue weighted by Crippen LogP contribution is -2.23. The van der Waals surface area contributed by atoms with Crippen LogP contribution in [0.3, 0.4) is 0 Å². The fraction of sp³-hybridized carbons (Fsp3) is 0.250. The van der Waals surface area contributed by atoms with E-state index in [1.54, 1.807) is 0 Å². The molecular formula is C12H13BrO. The average molecular weight is 253 g/mol. The van der Waals surface area contributed by atoms with Crippen molar-refractivity contribution >= 4 is 33.9 Å². The molecule has 0 aliphatic heterocycles. The van der Waals surface area contributed by atoms with E-state index in [1.165, 1.54) is 5.22 Å². The Balaban J connectivity index is 3.01. The highest BCUT2D eigenvalue weighted by Gasteiger charge is 1.93. The van der Waals surface area contributed by atoms with E-state index in [-0.39, 0.29) is 5.78 Å². The molecule has 0 radical (unpaired) electrons. The van der Waals surface area contributed by atoms with Gasteiger partial charge in [0.1, 0.15) is 5.78 Å². The highest BCUT2D eigenvalue weighted by atomic mass is 79.9. The molecule has 0 aliphatic rings. The van der Waals surface area contributed by atoms with Crippen molar-refractivity contribution in [3.63, 3.8) is 0 Å². The molecule has 0 aromatic heterocycles. The van der Waals surface area contributed by atoms with Crippen molar-refractivity contribution in [1.29, 1.82) is 0 Å². The van der Waals surface area contributed by atoms with Gasteiger partial charge in [-0.3, -0.25) is 4.79 Å². The van der Waals surface area contributed by atoms with Crippen molar-refractivity contribution in [3.05, 3.63) is 34.7 Å². The molecule has 1 aromatic rings. The summed E-state index contributed by atoms with van der Waals surface area (Å²) in [5.41, 5.74) is 0. The molecule has 14 heavy (non-hydrogen) atoms. The molecule has 0 unspecified atom stereocenters. The van der Waals surface area contributed by atoms with Gasteiger partial charge >= 0.3 is 0 Å². The van der Waals surface area contributed by atoms with Crippen molar-refractivity contribution in [2.24, 2.45) is 0 Å². The zero-order valence-corrected chi connectivity index (χ0v) is 9.75. The molecule has 1 nitrogen and oxygen atoms in total. The third-order valence-corrected chi connectivity index (χ3v) is 2.63. The first-order valence-electron chi connectivity index (χ1n) is 4.57. The number of carbonyl (C=O) groups is 1. The summed E-state index contributed by atoms with van der Waals surface area (Å²) in [4.78, 5) is 11.1. The first-order chi connectivity index (χ1) is 6.77. The lowest BCUT2D eigenvalue weighted by Gasteiger charge is -1.90. The maximum absolute atomic E-state index is 11.1. The van der Waals surface area contributed by atoms with Gasteiger partial charge in [0.25, 0.3) is 0 Å². The van der Waals surface area contributed by atoms with Crippen LogP contribution in [0.25, 0.3) is 12.2 Å². The monoisotopic (exact) mass is 252 g/mol. The van der Waals surface area contributed by atoms with Crippen LogP contribution >= 0.6 is 15.9 Å². The van der Waals surface area contributed by atoms with E-state index in [1.807, 2.05) is 43.3 Å². The van der Waals surface area contributed by atoms with Crippen LogP contribution < -0.4 is 10.4 Å². The minimum atomic E-state index is 0.205. The lowest BCUT2D eigenvalue weighted by molar-refractivity contribution is -0.115. The van der Waals surface area contributed by atoms with Crippen LogP contribution in [0.5, 0.6) is 0 Å². The average Bonchev–Trinajstić information content (AvgIpc) is 2.26. The van der Waals surface area contributed by atoms with Crippen LogP contribution in [0.15, 0.2) is 24.3 Å². The molecular weight excluding hydrogens is 240 g/mol. The number of rotatable bonds is 3. The van der Waals surface area contributed by atoms with Gasteiger partial charge in [0, 0.05) is 6.42 Å². The van der Waals surface area contributed by atoms with Crippen LogP contribution in [-0.4, -0.2) is 11.1 Å². The maximum Gasteiger partial charge on any atom is 0.147 e. The van der Waals surface area contributed by atoms with Crippen molar-refractivity contribution in [3.8, 4) is 0 Å². The van der Waals surface area contributed by atoms with Crippen LogP contribution in [0, 0.1) is 0 Å². The summed E-state index contributed by atoms with van der Waals surface area (Å²) in [6.45, 7) is 2.00. The van der Waals surface area contributed by atoms with E-state index in [9.17, 15) is 4.79 Å². The molecule has 74 valence electrons. The highest BCUT2D eigenvalue weighted by Crippen LogP contribution is 1.89. The molecule has 0 amide bonds. The minimum absolute atomic E-state index is 0.205. The van der Waals surface area contributed by atoms with Gasteiger partial charge in [-0.2, -0.15) is 0 Å². The number of Topliss-reactive ketones (excluding diaryl/α,β-unsaturated/α-hetero) is 1. The molecule has 0 fully saturated rings. The van der Waals surface area contributed by atoms with Gasteiger partial charge < -0.3 is 0 Å². The Bertz CT molecular complexity index is 420. The van der Waals surface area contributed by atoms with Gasteiger partial charge in [-0.25, -0.2) is 0 Å². The van der Waals surface area contributed by atoms with Crippen molar-refractivity contribution in [2.45, 2.75) is 13.3 Å². The number of hydrogen-bond donors (Lipinski definition) is 0. The van der Waals surface area contributed by atoms with Crippen LogP contribution in [-0.2, 0) is 4.79 Å². The Morgan fingerprint density at radius 3 is 2.57 bits per heavy atom. The van der Waals surface area contributed by atoms with E-state index < -0.39 is 0 Å². The van der Waals surface area contributed by atoms with E-state index in [0.717, 1.165) is 5.22 Å². The largest absolute Gasteiger partial charge is 0.298 e. The summed E-state index contributed by atoms with van der Waals surface area (Å²) >= 11 is 3.15. The van der Waals surface area contributed by atoms with Gasteiger partial charge in [-0.1, -0.05) is 52.3 Å². The number of halogens is 1. The standard InChI is InChI=1S/C12H13BrO/c1-2-10-5-3-4-6-11(10)7-8-12(14)9-13/h2-7H,8-9H2,1H3/b10-2-,11-7-. The van der Waals surface area contributed by atoms with Crippen molar-refractivity contribution in [1.82, 2.24) is 0 Å². The zero-order chi connectivity index (χ0) is 10.4. The Morgan fingerprint density at radius 1 is 1.36 bits per heavy atom. The predicted octanol–water partition coefficient (Wildman–Crippen LogP) is 1.62. The predicted molar refractivity (Wildman–Crippen MR) is 63.7 cm³/mol. The molecule has 0 atom stereocenters. The van der Waals surface area contributed by atoms with Crippen molar-refractivity contribution < 1.29 is 4.79 Å². The summed E-state index contributed by atoms with van der Waals surface area (Å²) in [7, 11) is 0. The zero-order valence-electron chi connectivity index (χ0n) is 8.16. The van der Waals surface area contributed by atoms with Gasteiger partial charge in [0.05, 0.1) is 5.33 Å². The van der Waals surface area contributed by atoms with E-state index in [2.05, 4.69) is 15.9 Å². The van der Waals surface area contributed by atoms with E-state index >= 15 is 0 Å². The Morgan fingerprint density at radius 2 is 2.00 bits per heavy atom. The van der Waals surface area contributed by atoms with Crippen LogP contribution in [0.4, 0.5) is 0 Å². The lowest BCUT2D eigenvalue weighted by atomic mass is 10.2. The Kier molecular flexibility index (Phi) is 4.60. The molecule has 1 rings (SSSR count). The third kappa shape index (κ3) is 3.11. The van der Waals surface area contributed by atoms with Gasteiger partial charge in [0.2, 0.25) is 0 Å². The molecule has 0 N–H and O–H groups in total. The maximum atomic E-state index is 11.1. The quantitative estimate of drug-likeness (QED) is 0.748. The van der Waals surface area contributed by atoms with Crippen LogP contribution in [0.1, 0.15) is 13.3 Å². The second kappa shape index (κ2) is 5.76. The molecule has 1 aromatic carbocycles. The third-order valence-electron chi connectivity index (χ3n) is 2.01. The molecule has 0 spiro atoms. The summed E-state index contributed by atoms with van der Waals surface area (Å²) < 4.78 is 0. The van der Waals surface area contributed by atoms with Gasteiger partial charge in [0.15, 0.2) is 0 Å². The molecule has 0 saturated heterocycles. The molecule has 0 saturated carbocycles. The molecule has 0 aliphatic carbocycles. The number of benzene rings is 1. The summed E-state index contributed by atoms with van der Waals surface area (Å²) in [6.07, 6.45) is 4.51. The summed E-state index contributed by atoms with van der Waals surface area (Å²) in [5.74, 6) is 0.205. The first kappa shape index (κ1) is 11.2. The minimum Gasteiger partial charge on any atom is -0.298 e. The normalized spacial score (nSPS) is 13.3. The molecule has 2 heteroatoms. The SMILES string of the molecule is C/C=c1/cccc/c1=C/CC(=O)CBr. The molecule has 0 bridgehead atoms. The number of carbonyl (C=O) groups excluding carboxylic acids is 1. The number of hydrogen-bond acceptors (Lipinski definition) is 1. The fourth-order valence-corrected chi connectivity index (χ4v) is 1.47. The fourth-order valence-electron chi connectivity index (χ4n) is 1.24. The van der Waals surface area contributed by atoms with E-state index in [0.29, 0.717) is 11.8 Å². The first-order valence-corrected chi connectivity index (χ1v) is 5.69. The highest BCUT2D eigenvalue weighted by molar-refractivity contribution is 9.09. The smallest absolute Gasteiger partial charge is 0.147 e.